The van der Waals surface area contributed by atoms with Gasteiger partial charge in [-0.25, -0.2) is 9.78 Å². The van der Waals surface area contributed by atoms with Crippen LogP contribution in [0.4, 0.5) is 13.2 Å². The zero-order valence-electron chi connectivity index (χ0n) is 18.2. The molecule has 34 heavy (non-hydrogen) atoms. The number of ether oxygens (including phenoxy) is 2. The number of aliphatic carboxylic acids is 1. The number of halogens is 3. The fourth-order valence-corrected chi connectivity index (χ4v) is 3.09. The molecule has 180 valence electrons. The molecule has 0 bridgehead atoms. The Hall–Kier alpha value is -3.50. The first-order chi connectivity index (χ1) is 16.3. The number of nitrogens with zero attached hydrogens (tertiary/aromatic N) is 3. The number of benzene rings is 2. The summed E-state index contributed by atoms with van der Waals surface area (Å²) in [5.41, 5.74) is 4.33. The first-order valence-corrected chi connectivity index (χ1v) is 10.5. The highest BCUT2D eigenvalue weighted by Crippen LogP contribution is 2.18. The highest BCUT2D eigenvalue weighted by atomic mass is 19.4. The molecule has 1 N–H and O–H groups in total. The first kappa shape index (κ1) is 25.1. The van der Waals surface area contributed by atoms with Crippen molar-refractivity contribution in [2.45, 2.75) is 19.3 Å². The van der Waals surface area contributed by atoms with Gasteiger partial charge in [0.1, 0.15) is 6.61 Å². The average Bonchev–Trinajstić information content (AvgIpc) is 2.85. The molecule has 10 heteroatoms. The zero-order chi connectivity index (χ0) is 24.4. The van der Waals surface area contributed by atoms with Gasteiger partial charge in [0, 0.05) is 31.4 Å². The second kappa shape index (κ2) is 12.1. The Morgan fingerprint density at radius 1 is 1.00 bits per heavy atom. The second-order valence-electron chi connectivity index (χ2n) is 7.39. The Labute approximate surface area is 194 Å². The molecule has 1 fully saturated rings. The molecule has 2 aromatic carbocycles. The maximum Gasteiger partial charge on any atom is 0.490 e. The van der Waals surface area contributed by atoms with Gasteiger partial charge in [-0.2, -0.15) is 18.2 Å². The fourth-order valence-electron chi connectivity index (χ4n) is 3.09. The van der Waals surface area contributed by atoms with Crippen molar-refractivity contribution in [2.24, 2.45) is 0 Å². The van der Waals surface area contributed by atoms with Crippen LogP contribution >= 0.6 is 0 Å². The van der Waals surface area contributed by atoms with Crippen molar-refractivity contribution in [3.63, 3.8) is 0 Å². The van der Waals surface area contributed by atoms with E-state index in [9.17, 15) is 13.2 Å². The van der Waals surface area contributed by atoms with Crippen molar-refractivity contribution in [3.8, 4) is 17.3 Å². The number of hydrogen-bond acceptors (Lipinski definition) is 6. The smallest absolute Gasteiger partial charge is 0.475 e. The van der Waals surface area contributed by atoms with Crippen molar-refractivity contribution >= 4 is 5.97 Å². The van der Waals surface area contributed by atoms with Gasteiger partial charge in [0.15, 0.2) is 0 Å². The van der Waals surface area contributed by atoms with Crippen LogP contribution in [0, 0.1) is 0 Å². The van der Waals surface area contributed by atoms with Crippen LogP contribution in [0.1, 0.15) is 11.1 Å². The number of aromatic nitrogens is 2. The Morgan fingerprint density at radius 2 is 1.62 bits per heavy atom. The average molecular weight is 475 g/mol. The standard InChI is InChI=1S/C22H23N3O2.C2HF3O2/c1-2-4-20(5-3-1)21-10-11-23-22(24-21)27-17-19-8-6-18(7-9-19)16-25-12-14-26-15-13-25;3-2(4,5)1(6)7/h1-11H,12-17H2;(H,6,7). The molecule has 1 aliphatic heterocycles. The van der Waals surface area contributed by atoms with E-state index in [0.717, 1.165) is 49.7 Å². The van der Waals surface area contributed by atoms with Gasteiger partial charge < -0.3 is 14.6 Å². The van der Waals surface area contributed by atoms with E-state index in [4.69, 9.17) is 19.4 Å². The number of carbonyl (C=O) groups is 1. The number of carboxylic acids is 1. The van der Waals surface area contributed by atoms with Crippen LogP contribution in [-0.2, 0) is 22.7 Å². The third kappa shape index (κ3) is 8.13. The maximum atomic E-state index is 10.6. The second-order valence-corrected chi connectivity index (χ2v) is 7.39. The van der Waals surface area contributed by atoms with Crippen LogP contribution in [-0.4, -0.2) is 58.4 Å². The molecule has 4 rings (SSSR count). The van der Waals surface area contributed by atoms with E-state index in [0.29, 0.717) is 12.6 Å². The minimum Gasteiger partial charge on any atom is -0.475 e. The SMILES string of the molecule is O=C(O)C(F)(F)F.c1ccc(-c2ccnc(OCc3ccc(CN4CCOCC4)cc3)n2)cc1. The number of carboxylic acid groups (broad SMARTS) is 1. The number of hydrogen-bond donors (Lipinski definition) is 1. The molecular weight excluding hydrogens is 451 g/mol. The predicted molar refractivity (Wildman–Crippen MR) is 118 cm³/mol. The van der Waals surface area contributed by atoms with E-state index in [-0.39, 0.29) is 0 Å². The number of rotatable bonds is 6. The summed E-state index contributed by atoms with van der Waals surface area (Å²) in [6, 6.07) is 20.9. The molecule has 3 aromatic rings. The minimum atomic E-state index is -5.08. The highest BCUT2D eigenvalue weighted by molar-refractivity contribution is 5.73. The normalized spacial score (nSPS) is 14.1. The van der Waals surface area contributed by atoms with Crippen LogP contribution in [0.3, 0.4) is 0 Å². The molecular formula is C24H24F3N3O4. The Morgan fingerprint density at radius 3 is 2.24 bits per heavy atom. The summed E-state index contributed by atoms with van der Waals surface area (Å²) in [6.45, 7) is 5.07. The van der Waals surface area contributed by atoms with Crippen molar-refractivity contribution in [2.75, 3.05) is 26.3 Å². The lowest BCUT2D eigenvalue weighted by atomic mass is 10.1. The number of alkyl halides is 3. The van der Waals surface area contributed by atoms with Crippen molar-refractivity contribution < 1.29 is 32.5 Å². The van der Waals surface area contributed by atoms with Crippen LogP contribution in [0.15, 0.2) is 66.9 Å². The van der Waals surface area contributed by atoms with Gasteiger partial charge in [-0.3, -0.25) is 4.90 Å². The predicted octanol–water partition coefficient (Wildman–Crippen LogP) is 4.19. The van der Waals surface area contributed by atoms with E-state index in [2.05, 4.69) is 39.1 Å². The van der Waals surface area contributed by atoms with Gasteiger partial charge in [-0.15, -0.1) is 0 Å². The van der Waals surface area contributed by atoms with E-state index >= 15 is 0 Å². The van der Waals surface area contributed by atoms with Crippen molar-refractivity contribution in [3.05, 3.63) is 78.0 Å². The molecule has 0 unspecified atom stereocenters. The molecule has 0 spiro atoms. The largest absolute Gasteiger partial charge is 0.490 e. The van der Waals surface area contributed by atoms with Gasteiger partial charge in [0.2, 0.25) is 0 Å². The van der Waals surface area contributed by atoms with Crippen LogP contribution < -0.4 is 4.74 Å². The van der Waals surface area contributed by atoms with Crippen molar-refractivity contribution in [1.82, 2.24) is 14.9 Å². The van der Waals surface area contributed by atoms with Crippen LogP contribution in [0.25, 0.3) is 11.3 Å². The summed E-state index contributed by atoms with van der Waals surface area (Å²) >= 11 is 0. The van der Waals surface area contributed by atoms with Crippen LogP contribution in [0.2, 0.25) is 0 Å². The molecule has 7 nitrogen and oxygen atoms in total. The van der Waals surface area contributed by atoms with Gasteiger partial charge in [0.25, 0.3) is 0 Å². The van der Waals surface area contributed by atoms with Crippen molar-refractivity contribution in [1.29, 1.82) is 0 Å². The molecule has 0 amide bonds. The summed E-state index contributed by atoms with van der Waals surface area (Å²) in [6.07, 6.45) is -3.35. The summed E-state index contributed by atoms with van der Waals surface area (Å²) in [7, 11) is 0. The number of morpholine rings is 1. The fraction of sp³-hybridized carbons (Fsp3) is 0.292. The van der Waals surface area contributed by atoms with E-state index < -0.39 is 12.1 Å². The molecule has 2 heterocycles. The molecule has 1 aromatic heterocycles. The van der Waals surface area contributed by atoms with Gasteiger partial charge in [-0.05, 0) is 17.2 Å². The Bertz CT molecular complexity index is 1040. The molecule has 0 atom stereocenters. The Balaban J connectivity index is 0.000000406. The van der Waals surface area contributed by atoms with E-state index in [1.165, 1.54) is 5.56 Å². The van der Waals surface area contributed by atoms with Gasteiger partial charge in [-0.1, -0.05) is 54.6 Å². The monoisotopic (exact) mass is 475 g/mol. The molecule has 1 saturated heterocycles. The summed E-state index contributed by atoms with van der Waals surface area (Å²) in [5, 5.41) is 7.12. The molecule has 0 aliphatic carbocycles. The lowest BCUT2D eigenvalue weighted by Crippen LogP contribution is -2.35. The topological polar surface area (TPSA) is 84.8 Å². The summed E-state index contributed by atoms with van der Waals surface area (Å²) in [5.74, 6) is -2.76. The lowest BCUT2D eigenvalue weighted by Gasteiger charge is -2.26. The molecule has 1 aliphatic rings. The zero-order valence-corrected chi connectivity index (χ0v) is 18.2. The van der Waals surface area contributed by atoms with Gasteiger partial charge in [0.05, 0.1) is 18.9 Å². The van der Waals surface area contributed by atoms with Gasteiger partial charge >= 0.3 is 18.2 Å². The van der Waals surface area contributed by atoms with Crippen LogP contribution in [0.5, 0.6) is 6.01 Å². The lowest BCUT2D eigenvalue weighted by molar-refractivity contribution is -0.192. The first-order valence-electron chi connectivity index (χ1n) is 10.5. The molecule has 0 saturated carbocycles. The summed E-state index contributed by atoms with van der Waals surface area (Å²) < 4.78 is 42.9. The minimum absolute atomic E-state index is 0.397. The Kier molecular flexibility index (Phi) is 8.94. The quantitative estimate of drug-likeness (QED) is 0.572. The highest BCUT2D eigenvalue weighted by Gasteiger charge is 2.38. The van der Waals surface area contributed by atoms with E-state index in [1.807, 2.05) is 36.4 Å². The van der Waals surface area contributed by atoms with E-state index in [1.54, 1.807) is 6.20 Å². The molecule has 0 radical (unpaired) electrons. The third-order valence-corrected chi connectivity index (χ3v) is 4.85. The summed E-state index contributed by atoms with van der Waals surface area (Å²) in [4.78, 5) is 20.0. The third-order valence-electron chi connectivity index (χ3n) is 4.85. The maximum absolute atomic E-state index is 10.6.